The highest BCUT2D eigenvalue weighted by molar-refractivity contribution is 7.16. The predicted octanol–water partition coefficient (Wildman–Crippen LogP) is 2.96. The van der Waals surface area contributed by atoms with E-state index in [2.05, 4.69) is 4.98 Å². The number of hydrogen-bond donors (Lipinski definition) is 1. The number of nitro benzene ring substituents is 1. The molecule has 0 radical (unpaired) electrons. The van der Waals surface area contributed by atoms with Gasteiger partial charge >= 0.3 is 5.69 Å². The van der Waals surface area contributed by atoms with E-state index in [0.29, 0.717) is 36.3 Å². The Morgan fingerprint density at radius 1 is 1.43 bits per heavy atom. The maximum Gasteiger partial charge on any atom is 0.337 e. The Balaban J connectivity index is 1.83. The van der Waals surface area contributed by atoms with Gasteiger partial charge in [-0.25, -0.2) is 4.98 Å². The van der Waals surface area contributed by atoms with E-state index in [4.69, 9.17) is 10.5 Å². The van der Waals surface area contributed by atoms with E-state index in [1.165, 1.54) is 11.3 Å². The van der Waals surface area contributed by atoms with Crippen LogP contribution in [-0.4, -0.2) is 23.1 Å². The lowest BCUT2D eigenvalue weighted by atomic mass is 9.97. The maximum absolute atomic E-state index is 11.3. The summed E-state index contributed by atoms with van der Waals surface area (Å²) in [7, 11) is 0. The molecule has 1 saturated carbocycles. The molecule has 2 atom stereocenters. The van der Waals surface area contributed by atoms with Crippen LogP contribution in [0.4, 0.5) is 5.69 Å². The molecule has 1 aliphatic rings. The molecule has 0 amide bonds. The van der Waals surface area contributed by atoms with Gasteiger partial charge in [-0.1, -0.05) is 6.42 Å². The number of thiazole rings is 1. The second kappa shape index (κ2) is 5.95. The number of rotatable bonds is 5. The highest BCUT2D eigenvalue weighted by atomic mass is 32.1. The molecular weight excluding hydrogens is 290 g/mol. The van der Waals surface area contributed by atoms with Crippen LogP contribution in [0.1, 0.15) is 19.3 Å². The number of hydrogen-bond acceptors (Lipinski definition) is 6. The van der Waals surface area contributed by atoms with Crippen LogP contribution in [0.3, 0.4) is 0 Å². The van der Waals surface area contributed by atoms with Crippen molar-refractivity contribution in [3.05, 3.63) is 27.8 Å². The molecular formula is C14H17N3O3S. The molecule has 7 heteroatoms. The molecule has 0 spiro atoms. The summed E-state index contributed by atoms with van der Waals surface area (Å²) in [5.41, 5.74) is 7.75. The van der Waals surface area contributed by atoms with E-state index in [-0.39, 0.29) is 5.69 Å². The van der Waals surface area contributed by atoms with E-state index in [1.54, 1.807) is 11.6 Å². The summed E-state index contributed by atoms with van der Waals surface area (Å²) < 4.78 is 6.56. The van der Waals surface area contributed by atoms with Crippen molar-refractivity contribution in [3.8, 4) is 5.75 Å². The molecule has 112 valence electrons. The molecule has 2 aromatic rings. The fourth-order valence-electron chi connectivity index (χ4n) is 3.03. The topological polar surface area (TPSA) is 91.3 Å². The Kier molecular flexibility index (Phi) is 4.03. The average molecular weight is 307 g/mol. The SMILES string of the molecule is NCC1CCCC1COc1ccc2scnc2c1[N+](=O)[O-]. The van der Waals surface area contributed by atoms with Gasteiger partial charge in [0.1, 0.15) is 0 Å². The molecule has 2 unspecified atom stereocenters. The monoisotopic (exact) mass is 307 g/mol. The first-order valence-electron chi connectivity index (χ1n) is 7.04. The third-order valence-corrected chi connectivity index (χ3v) is 4.99. The summed E-state index contributed by atoms with van der Waals surface area (Å²) >= 11 is 1.39. The Hall–Kier alpha value is -1.73. The van der Waals surface area contributed by atoms with Gasteiger partial charge in [0.2, 0.25) is 0 Å². The van der Waals surface area contributed by atoms with Crippen molar-refractivity contribution in [2.75, 3.05) is 13.2 Å². The van der Waals surface area contributed by atoms with Gasteiger partial charge in [-0.15, -0.1) is 11.3 Å². The summed E-state index contributed by atoms with van der Waals surface area (Å²) in [6.07, 6.45) is 3.36. The van der Waals surface area contributed by atoms with E-state index >= 15 is 0 Å². The van der Waals surface area contributed by atoms with Crippen LogP contribution < -0.4 is 10.5 Å². The van der Waals surface area contributed by atoms with Crippen LogP contribution in [0.2, 0.25) is 0 Å². The number of ether oxygens (including phenoxy) is 1. The van der Waals surface area contributed by atoms with Gasteiger partial charge in [0.05, 0.1) is 21.7 Å². The van der Waals surface area contributed by atoms with Crippen molar-refractivity contribution in [1.82, 2.24) is 4.98 Å². The molecule has 1 heterocycles. The van der Waals surface area contributed by atoms with Gasteiger partial charge in [-0.3, -0.25) is 10.1 Å². The zero-order valence-electron chi connectivity index (χ0n) is 11.5. The van der Waals surface area contributed by atoms with E-state index in [0.717, 1.165) is 24.0 Å². The van der Waals surface area contributed by atoms with Crippen molar-refractivity contribution < 1.29 is 9.66 Å². The van der Waals surface area contributed by atoms with Gasteiger partial charge < -0.3 is 10.5 Å². The lowest BCUT2D eigenvalue weighted by Crippen LogP contribution is -2.23. The summed E-state index contributed by atoms with van der Waals surface area (Å²) in [5.74, 6) is 1.16. The number of benzene rings is 1. The van der Waals surface area contributed by atoms with Crippen LogP contribution in [-0.2, 0) is 0 Å². The van der Waals surface area contributed by atoms with Crippen LogP contribution in [0.25, 0.3) is 10.2 Å². The second-order valence-corrected chi connectivity index (χ2v) is 6.25. The zero-order valence-corrected chi connectivity index (χ0v) is 12.3. The van der Waals surface area contributed by atoms with Gasteiger partial charge in [-0.2, -0.15) is 0 Å². The van der Waals surface area contributed by atoms with Crippen LogP contribution >= 0.6 is 11.3 Å². The minimum atomic E-state index is -0.410. The molecule has 0 aliphatic heterocycles. The first-order valence-corrected chi connectivity index (χ1v) is 7.92. The molecule has 1 aliphatic carbocycles. The Morgan fingerprint density at radius 2 is 2.24 bits per heavy atom. The Morgan fingerprint density at radius 3 is 3.00 bits per heavy atom. The summed E-state index contributed by atoms with van der Waals surface area (Å²) in [4.78, 5) is 15.0. The quantitative estimate of drug-likeness (QED) is 0.677. The third kappa shape index (κ3) is 2.71. The highest BCUT2D eigenvalue weighted by Crippen LogP contribution is 2.37. The number of nitrogens with two attached hydrogens (primary N) is 1. The van der Waals surface area contributed by atoms with Gasteiger partial charge in [0.25, 0.3) is 0 Å². The fraction of sp³-hybridized carbons (Fsp3) is 0.500. The van der Waals surface area contributed by atoms with Crippen molar-refractivity contribution in [3.63, 3.8) is 0 Å². The summed E-state index contributed by atoms with van der Waals surface area (Å²) in [6, 6.07) is 3.50. The predicted molar refractivity (Wildman–Crippen MR) is 81.7 cm³/mol. The van der Waals surface area contributed by atoms with Crippen LogP contribution in [0.5, 0.6) is 5.75 Å². The van der Waals surface area contributed by atoms with Crippen molar-refractivity contribution in [1.29, 1.82) is 0 Å². The normalized spacial score (nSPS) is 21.8. The molecule has 1 aromatic heterocycles. The van der Waals surface area contributed by atoms with E-state index < -0.39 is 4.92 Å². The lowest BCUT2D eigenvalue weighted by molar-refractivity contribution is -0.384. The highest BCUT2D eigenvalue weighted by Gasteiger charge is 2.28. The Bertz CT molecular complexity index is 658. The number of nitro groups is 1. The largest absolute Gasteiger partial charge is 0.486 e. The second-order valence-electron chi connectivity index (χ2n) is 5.37. The average Bonchev–Trinajstić information content (AvgIpc) is 3.12. The van der Waals surface area contributed by atoms with Gasteiger partial charge in [0, 0.05) is 0 Å². The van der Waals surface area contributed by atoms with Crippen molar-refractivity contribution in [2.45, 2.75) is 19.3 Å². The van der Waals surface area contributed by atoms with E-state index in [9.17, 15) is 10.1 Å². The smallest absolute Gasteiger partial charge is 0.337 e. The standard InChI is InChI=1S/C14H17N3O3S/c15-6-9-2-1-3-10(9)7-20-11-4-5-12-13(16-8-21-12)14(11)17(18)19/h4-5,8-10H,1-3,6-7,15H2. The van der Waals surface area contributed by atoms with Crippen LogP contribution in [0.15, 0.2) is 17.6 Å². The minimum absolute atomic E-state index is 0.0314. The number of fused-ring (bicyclic) bond motifs is 1. The van der Waals surface area contributed by atoms with Crippen molar-refractivity contribution >= 4 is 27.2 Å². The number of aromatic nitrogens is 1. The fourth-order valence-corrected chi connectivity index (χ4v) is 3.71. The lowest BCUT2D eigenvalue weighted by Gasteiger charge is -2.18. The summed E-state index contributed by atoms with van der Waals surface area (Å²) in [5, 5.41) is 11.3. The minimum Gasteiger partial charge on any atom is -0.486 e. The molecule has 6 nitrogen and oxygen atoms in total. The molecule has 1 fully saturated rings. The first-order chi connectivity index (χ1) is 10.2. The first kappa shape index (κ1) is 14.2. The zero-order chi connectivity index (χ0) is 14.8. The Labute approximate surface area is 126 Å². The van der Waals surface area contributed by atoms with Crippen molar-refractivity contribution in [2.24, 2.45) is 17.6 Å². The molecule has 0 saturated heterocycles. The van der Waals surface area contributed by atoms with Gasteiger partial charge in [0.15, 0.2) is 11.3 Å². The molecule has 2 N–H and O–H groups in total. The summed E-state index contributed by atoms with van der Waals surface area (Å²) in [6.45, 7) is 1.14. The number of nitrogens with zero attached hydrogens (tertiary/aromatic N) is 2. The maximum atomic E-state index is 11.3. The third-order valence-electron chi connectivity index (χ3n) is 4.19. The van der Waals surface area contributed by atoms with E-state index in [1.807, 2.05) is 6.07 Å². The van der Waals surface area contributed by atoms with Gasteiger partial charge in [-0.05, 0) is 43.4 Å². The van der Waals surface area contributed by atoms with Crippen LogP contribution in [0, 0.1) is 22.0 Å². The molecule has 0 bridgehead atoms. The molecule has 3 rings (SSSR count). The molecule has 1 aromatic carbocycles. The molecule has 21 heavy (non-hydrogen) atoms.